The van der Waals surface area contributed by atoms with Crippen LogP contribution in [0.4, 0.5) is 0 Å². The van der Waals surface area contributed by atoms with Crippen LogP contribution in [0.15, 0.2) is 60.7 Å². The highest BCUT2D eigenvalue weighted by molar-refractivity contribution is 5.88. The molecular formula is C131H198O14. The largest absolute Gasteiger partial charge is 0.466 e. The fraction of sp³-hybridized carbons (Fsp3) is 0.863. The Morgan fingerprint density at radius 2 is 0.641 bits per heavy atom. The van der Waals surface area contributed by atoms with Crippen molar-refractivity contribution in [3.05, 3.63) is 71.8 Å². The van der Waals surface area contributed by atoms with Crippen LogP contribution in [0.5, 0.6) is 0 Å². The highest BCUT2D eigenvalue weighted by atomic mass is 16.6. The minimum Gasteiger partial charge on any atom is -0.466 e. The van der Waals surface area contributed by atoms with Crippen LogP contribution in [0, 0.1) is 207 Å². The molecule has 0 amide bonds. The number of ether oxygens (including phenoxy) is 5. The van der Waals surface area contributed by atoms with Crippen LogP contribution in [-0.2, 0) is 65.7 Å². The standard InChI is InChI=1S/C26H36O3.C26H36O2.C21H36O2.C20H32O3.C19H30O2.C19H28O2/c1-25-14-15-28-24(27)16-19(25)8-9-20-21-10-11-23(26(21,2)13-12-22(20)25)29-17-18-6-4-3-5-7-18;1-25-14-12-20(27)16-19(25)8-9-21-22-10-11-24(26(22,2)15-13-23(21)25)28-17-18-6-4-3-5-7-18;1-19(23-4)11-12-20(2)14(13-19)5-6-15-16-7-8-18(22)21(16,3)10-9-17(15)20;1-18-10-11-20(22,23-3)12-13(18)4-5-14-15-6-7-17(21)19(15,2)9-8-16(14)18;2*1-18-9-7-13(20)11-12(18)3-4-14-15-5-6-17(21)19(15,2)10-8-16(14)18/h3-7,19-23H,8-17H2,1-2H3;3-7,19,21-24H,8-17H2,1-2H3;14-18,22H,5-13H2,1-4H3;13-16,22H,4-12H2,1-3H3;12-16,20H,3-11H2,1-2H3;12,14-16H,3-11H2,1-2H3/t19-,20-,21-,22-,23-,25-,26-;19-,21-,22-,23-,24-,25-,26-;14-,15-,16-,17-,18-,19-,20-,21-;13-,14-,15-,16-,18-,19-,20-;12-,13-,14-,15-,16-,18-,19-;12-,14-,15-,16-,18-,19-/m000000/s1. The van der Waals surface area contributed by atoms with Crippen molar-refractivity contribution in [2.45, 2.75) is 479 Å². The molecule has 2 aromatic carbocycles. The molecule has 1 saturated heterocycles. The van der Waals surface area contributed by atoms with Crippen LogP contribution in [0.1, 0.15) is 441 Å². The van der Waals surface area contributed by atoms with Crippen molar-refractivity contribution in [1.29, 1.82) is 0 Å². The van der Waals surface area contributed by atoms with Gasteiger partial charge in [0.15, 0.2) is 5.79 Å². The molecule has 23 aliphatic carbocycles. The van der Waals surface area contributed by atoms with E-state index in [9.17, 15) is 44.1 Å². The van der Waals surface area contributed by atoms with Crippen LogP contribution in [0.25, 0.3) is 0 Å². The Labute approximate surface area is 876 Å². The number of esters is 1. The first kappa shape index (κ1) is 107. The van der Waals surface area contributed by atoms with Gasteiger partial charge in [0.05, 0.1) is 49.8 Å². The van der Waals surface area contributed by atoms with Crippen LogP contribution in [-0.4, -0.2) is 107 Å². The minimum atomic E-state index is -0.899. The molecule has 24 aliphatic rings. The number of rotatable bonds is 8. The molecule has 0 aromatic heterocycles. The SMILES string of the molecule is CO[C@@]1(C)CC[C@@]2(C)[C@@H](CC[C@@H]3[C@@H]2CC[C@]2(C)[C@@H](O)CC[C@@H]32)C1.CO[C@@]1(O)CC[C@@]2(C)[C@@H](CC[C@@H]3[C@@H]2CC[C@]2(C)C(=O)CC[C@@H]32)C1.C[C@]12CCC(=O)C[C@@H]1CC[C@@H]1[C@@H]2CC[C@]2(C)C(=O)CC[C@@H]12.C[C@]12CCC(=O)C[C@@H]1CC[C@@H]1[C@@H]2CC[C@]2(C)[C@@H](OCc3ccccc3)CC[C@@H]12.C[C@]12CCOC(=O)C[C@@H]1CC[C@@H]1[C@@H]2CC[C@]2(C)[C@@H](OCc3ccccc3)CC[C@@H]12.C[C@]12CC[C@H](O)C[C@@H]1CC[C@@H]1[C@@H]2CC[C@]2(C)C(=O)CC[C@@H]12. The molecule has 24 fully saturated rings. The van der Waals surface area contributed by atoms with Crippen molar-refractivity contribution in [2.75, 3.05) is 20.8 Å². The van der Waals surface area contributed by atoms with Gasteiger partial charge in [-0.2, -0.15) is 0 Å². The second-order valence-electron chi connectivity index (χ2n) is 58.9. The number of aliphatic hydroxyl groups is 3. The summed E-state index contributed by atoms with van der Waals surface area (Å²) in [4.78, 5) is 73.2. The number of Topliss-reactive ketones (excluding diaryl/α,β-unsaturated/α-hetero) is 5. The maximum absolute atomic E-state index is 12.4. The zero-order chi connectivity index (χ0) is 102. The summed E-state index contributed by atoms with van der Waals surface area (Å²) in [5, 5.41) is 31.2. The van der Waals surface area contributed by atoms with Gasteiger partial charge in [0.2, 0.25) is 0 Å². The Bertz CT molecular complexity index is 4970. The van der Waals surface area contributed by atoms with E-state index in [0.29, 0.717) is 133 Å². The molecule has 3 N–H and O–H groups in total. The van der Waals surface area contributed by atoms with E-state index in [2.05, 4.69) is 151 Å². The van der Waals surface area contributed by atoms with E-state index in [0.717, 1.165) is 255 Å². The summed E-state index contributed by atoms with van der Waals surface area (Å²) in [5.74, 6) is 19.6. The van der Waals surface area contributed by atoms with Gasteiger partial charge in [-0.25, -0.2) is 0 Å². The number of fused-ring (bicyclic) bond motifs is 30. The number of benzene rings is 2. The monoisotopic (exact) mass is 2000 g/mol. The van der Waals surface area contributed by atoms with Gasteiger partial charge in [-0.1, -0.05) is 144 Å². The molecule has 0 bridgehead atoms. The fourth-order valence-electron chi connectivity index (χ4n) is 44.5. The van der Waals surface area contributed by atoms with Crippen LogP contribution in [0.3, 0.4) is 0 Å². The lowest BCUT2D eigenvalue weighted by Crippen LogP contribution is -2.56. The lowest BCUT2D eigenvalue weighted by molar-refractivity contribution is -0.246. The summed E-state index contributed by atoms with van der Waals surface area (Å²) < 4.78 is 29.9. The van der Waals surface area contributed by atoms with E-state index in [1.807, 2.05) is 7.11 Å². The van der Waals surface area contributed by atoms with Crippen LogP contribution in [0.2, 0.25) is 0 Å². The summed E-state index contributed by atoms with van der Waals surface area (Å²) in [6.07, 6.45) is 61.3. The first-order chi connectivity index (χ1) is 69.1. The average Bonchev–Trinajstić information content (AvgIpc) is 1.66. The van der Waals surface area contributed by atoms with Gasteiger partial charge < -0.3 is 39.0 Å². The summed E-state index contributed by atoms with van der Waals surface area (Å²) in [6.45, 7) is 33.8. The molecule has 1 aliphatic heterocycles. The number of hydrogen-bond donors (Lipinski definition) is 3. The average molecular weight is 2000 g/mol. The van der Waals surface area contributed by atoms with Crippen molar-refractivity contribution < 1.29 is 67.8 Å². The van der Waals surface area contributed by atoms with Gasteiger partial charge in [-0.15, -0.1) is 0 Å². The summed E-state index contributed by atoms with van der Waals surface area (Å²) >= 11 is 0. The highest BCUT2D eigenvalue weighted by Gasteiger charge is 2.69. The number of hydrogen-bond acceptors (Lipinski definition) is 14. The molecule has 0 unspecified atom stereocenters. The molecule has 806 valence electrons. The Kier molecular flexibility index (Phi) is 29.6. The first-order valence-corrected chi connectivity index (χ1v) is 61.3. The molecule has 2 aromatic rings. The predicted molar refractivity (Wildman–Crippen MR) is 571 cm³/mol. The number of carbonyl (C=O) groups excluding carboxylic acids is 6. The molecule has 145 heavy (non-hydrogen) atoms. The number of carbonyl (C=O) groups is 6. The lowest BCUT2D eigenvalue weighted by atomic mass is 9.44. The van der Waals surface area contributed by atoms with Crippen molar-refractivity contribution in [3.63, 3.8) is 0 Å². The Morgan fingerprint density at radius 1 is 0.297 bits per heavy atom. The topological polar surface area (TPSA) is 209 Å². The molecule has 14 heteroatoms. The van der Waals surface area contributed by atoms with Gasteiger partial charge >= 0.3 is 5.97 Å². The molecule has 26 rings (SSSR count). The summed E-state index contributed by atoms with van der Waals surface area (Å²) in [5.41, 5.74) is 5.94. The maximum Gasteiger partial charge on any atom is 0.306 e. The Balaban J connectivity index is 0.000000103. The smallest absolute Gasteiger partial charge is 0.306 e. The van der Waals surface area contributed by atoms with Crippen molar-refractivity contribution in [2.24, 2.45) is 207 Å². The minimum absolute atomic E-state index is 0.00511. The molecule has 0 radical (unpaired) electrons. The van der Waals surface area contributed by atoms with Gasteiger partial charge in [-0.3, -0.25) is 28.8 Å². The van der Waals surface area contributed by atoms with Gasteiger partial charge in [0, 0.05) is 94.7 Å². The zero-order valence-corrected chi connectivity index (χ0v) is 93.4. The van der Waals surface area contributed by atoms with E-state index >= 15 is 0 Å². The van der Waals surface area contributed by atoms with E-state index in [1.165, 1.54) is 204 Å². The highest BCUT2D eigenvalue weighted by Crippen LogP contribution is 2.75. The van der Waals surface area contributed by atoms with Crippen molar-refractivity contribution in [3.8, 4) is 0 Å². The molecule has 14 nitrogen and oxygen atoms in total. The Hall–Kier alpha value is -4.02. The second kappa shape index (κ2) is 40.3. The van der Waals surface area contributed by atoms with E-state index in [-0.39, 0.29) is 50.9 Å². The van der Waals surface area contributed by atoms with E-state index in [1.54, 1.807) is 7.11 Å². The summed E-state index contributed by atoms with van der Waals surface area (Å²) in [6, 6.07) is 21.3. The number of methoxy groups -OCH3 is 2. The van der Waals surface area contributed by atoms with Crippen LogP contribution >= 0.6 is 0 Å². The second-order valence-corrected chi connectivity index (χ2v) is 58.9. The predicted octanol–water partition coefficient (Wildman–Crippen LogP) is 28.8. The third-order valence-corrected chi connectivity index (χ3v) is 54.0. The first-order valence-electron chi connectivity index (χ1n) is 61.3. The fourth-order valence-corrected chi connectivity index (χ4v) is 44.5. The van der Waals surface area contributed by atoms with E-state index in [4.69, 9.17) is 23.7 Å². The van der Waals surface area contributed by atoms with Gasteiger partial charge in [0.25, 0.3) is 0 Å². The summed E-state index contributed by atoms with van der Waals surface area (Å²) in [7, 11) is 3.55. The number of ketones is 5. The zero-order valence-electron chi connectivity index (χ0n) is 93.4. The normalized spacial score (nSPS) is 51.7. The molecule has 0 spiro atoms. The molecule has 1 heterocycles. The number of aliphatic hydroxyl groups excluding tert-OH is 2. The van der Waals surface area contributed by atoms with Crippen molar-refractivity contribution >= 4 is 34.9 Å². The lowest BCUT2D eigenvalue weighted by Gasteiger charge is -2.62. The molecule has 42 atom stereocenters. The molecule has 23 saturated carbocycles. The van der Waals surface area contributed by atoms with Crippen molar-refractivity contribution in [1.82, 2.24) is 0 Å². The molecular weight excluding hydrogens is 1800 g/mol. The third kappa shape index (κ3) is 18.4. The Morgan fingerprint density at radius 3 is 1.08 bits per heavy atom. The van der Waals surface area contributed by atoms with Gasteiger partial charge in [-0.05, 0) is 485 Å². The third-order valence-electron chi connectivity index (χ3n) is 54.0. The van der Waals surface area contributed by atoms with E-state index < -0.39 is 5.79 Å². The van der Waals surface area contributed by atoms with Crippen LogP contribution < -0.4 is 0 Å². The van der Waals surface area contributed by atoms with Gasteiger partial charge in [0.1, 0.15) is 28.9 Å². The quantitative estimate of drug-likeness (QED) is 0.166. The number of cyclic esters (lactones) is 1. The maximum atomic E-state index is 12.4.